The van der Waals surface area contributed by atoms with Crippen LogP contribution >= 0.6 is 23.5 Å². The zero-order chi connectivity index (χ0) is 14.5. The van der Waals surface area contributed by atoms with E-state index in [4.69, 9.17) is 6.42 Å². The molecule has 1 atom stereocenters. The van der Waals surface area contributed by atoms with E-state index >= 15 is 0 Å². The maximum atomic E-state index is 12.1. The molecule has 1 heterocycles. The molecule has 0 saturated carbocycles. The molecule has 20 heavy (non-hydrogen) atoms. The van der Waals surface area contributed by atoms with Crippen molar-refractivity contribution < 1.29 is 9.59 Å². The predicted octanol–water partition coefficient (Wildman–Crippen LogP) is 3.52. The van der Waals surface area contributed by atoms with Gasteiger partial charge in [-0.2, -0.15) is 0 Å². The first-order valence-electron chi connectivity index (χ1n) is 6.18. The van der Waals surface area contributed by atoms with Gasteiger partial charge in [-0.15, -0.1) is 29.9 Å². The number of ketones is 1. The van der Waals surface area contributed by atoms with Crippen LogP contribution in [0.15, 0.2) is 34.1 Å². The summed E-state index contributed by atoms with van der Waals surface area (Å²) in [5.41, 5.74) is 2.56. The number of hydrogen-bond donors (Lipinski definition) is 0. The van der Waals surface area contributed by atoms with E-state index in [2.05, 4.69) is 12.0 Å². The molecule has 0 aromatic heterocycles. The number of aryl methyl sites for hydroxylation is 1. The van der Waals surface area contributed by atoms with Crippen LogP contribution in [-0.4, -0.2) is 17.8 Å². The molecule has 1 aliphatic heterocycles. The number of carbonyl (C=O) groups excluding carboxylic acids is 2. The molecule has 0 spiro atoms. The summed E-state index contributed by atoms with van der Waals surface area (Å²) < 4.78 is 0.751. The smallest absolute Gasteiger partial charge is 0.169 e. The minimum Gasteiger partial charge on any atom is -0.298 e. The Kier molecular flexibility index (Phi) is 5.11. The lowest BCUT2D eigenvalue weighted by Gasteiger charge is -2.23. The van der Waals surface area contributed by atoms with E-state index in [1.165, 1.54) is 17.3 Å². The number of thioether (sulfide) groups is 2. The number of terminal acetylenes is 1. The van der Waals surface area contributed by atoms with Crippen molar-refractivity contribution in [1.82, 2.24) is 0 Å². The average molecular weight is 302 g/mol. The minimum atomic E-state index is -0.0928. The summed E-state index contributed by atoms with van der Waals surface area (Å²) in [4.78, 5) is 23.2. The number of Topliss-reactive ketones (excluding diaryl/α,β-unsaturated/α-hetero) is 1. The quantitative estimate of drug-likeness (QED) is 0.484. The van der Waals surface area contributed by atoms with Crippen molar-refractivity contribution in [2.24, 2.45) is 0 Å². The van der Waals surface area contributed by atoms with Crippen LogP contribution in [0.25, 0.3) is 0 Å². The highest BCUT2D eigenvalue weighted by Gasteiger charge is 2.29. The van der Waals surface area contributed by atoms with E-state index in [-0.39, 0.29) is 16.6 Å². The van der Waals surface area contributed by atoms with Gasteiger partial charge in [0.25, 0.3) is 0 Å². The van der Waals surface area contributed by atoms with Crippen molar-refractivity contribution in [3.8, 4) is 12.3 Å². The molecule has 1 aromatic carbocycles. The molecule has 1 aliphatic rings. The van der Waals surface area contributed by atoms with Crippen LogP contribution in [-0.2, 0) is 9.59 Å². The van der Waals surface area contributed by atoms with Crippen molar-refractivity contribution in [3.63, 3.8) is 0 Å². The van der Waals surface area contributed by atoms with Crippen LogP contribution in [0.2, 0.25) is 0 Å². The van der Waals surface area contributed by atoms with Crippen LogP contribution in [0.5, 0.6) is 0 Å². The van der Waals surface area contributed by atoms with Gasteiger partial charge in [0.1, 0.15) is 0 Å². The average Bonchev–Trinajstić information content (AvgIpc) is 2.44. The highest BCUT2D eigenvalue weighted by molar-refractivity contribution is 8.22. The SMILES string of the molecule is C#CCSC1=C(C=O)C(=O)C[C@H](c2cccc(C)c2)S1. The second kappa shape index (κ2) is 6.83. The second-order valence-corrected chi connectivity index (χ2v) is 6.92. The van der Waals surface area contributed by atoms with Crippen LogP contribution in [0, 0.1) is 19.3 Å². The summed E-state index contributed by atoms with van der Waals surface area (Å²) in [5.74, 6) is 2.90. The fraction of sp³-hybridized carbons (Fsp3) is 0.250. The topological polar surface area (TPSA) is 34.1 Å². The Hall–Kier alpha value is -1.44. The van der Waals surface area contributed by atoms with E-state index in [1.807, 2.05) is 25.1 Å². The van der Waals surface area contributed by atoms with E-state index < -0.39 is 0 Å². The van der Waals surface area contributed by atoms with Gasteiger partial charge in [-0.3, -0.25) is 9.59 Å². The minimum absolute atomic E-state index is 0.0615. The van der Waals surface area contributed by atoms with Crippen molar-refractivity contribution in [1.29, 1.82) is 0 Å². The first kappa shape index (κ1) is 15.0. The normalized spacial score (nSPS) is 18.8. The Balaban J connectivity index is 2.29. The third kappa shape index (κ3) is 3.36. The Labute approximate surface area is 127 Å². The summed E-state index contributed by atoms with van der Waals surface area (Å²) in [6.07, 6.45) is 6.27. The van der Waals surface area contributed by atoms with Crippen LogP contribution in [0.1, 0.15) is 22.8 Å². The molecule has 0 unspecified atom stereocenters. The second-order valence-electron chi connectivity index (χ2n) is 4.46. The van der Waals surface area contributed by atoms with Gasteiger partial charge in [-0.25, -0.2) is 0 Å². The lowest BCUT2D eigenvalue weighted by molar-refractivity contribution is -0.117. The summed E-state index contributed by atoms with van der Waals surface area (Å²) in [6, 6.07) is 8.12. The summed E-state index contributed by atoms with van der Waals surface area (Å²) in [6.45, 7) is 2.03. The van der Waals surface area contributed by atoms with Crippen LogP contribution in [0.3, 0.4) is 0 Å². The van der Waals surface area contributed by atoms with Crippen molar-refractivity contribution >= 4 is 35.6 Å². The molecule has 0 fully saturated rings. The number of carbonyl (C=O) groups is 2. The molecule has 2 rings (SSSR count). The Morgan fingerprint density at radius 3 is 3.00 bits per heavy atom. The fourth-order valence-electron chi connectivity index (χ4n) is 2.02. The molecule has 2 nitrogen and oxygen atoms in total. The lowest BCUT2D eigenvalue weighted by atomic mass is 10.0. The molecule has 0 saturated heterocycles. The molecule has 4 heteroatoms. The third-order valence-corrected chi connectivity index (χ3v) is 5.55. The van der Waals surface area contributed by atoms with E-state index in [9.17, 15) is 9.59 Å². The molecule has 0 bridgehead atoms. The van der Waals surface area contributed by atoms with Gasteiger partial charge in [-0.1, -0.05) is 35.7 Å². The Morgan fingerprint density at radius 2 is 2.35 bits per heavy atom. The van der Waals surface area contributed by atoms with E-state index in [1.54, 1.807) is 11.8 Å². The largest absolute Gasteiger partial charge is 0.298 e. The summed E-state index contributed by atoms with van der Waals surface area (Å²) >= 11 is 2.96. The third-order valence-electron chi connectivity index (χ3n) is 2.96. The first-order chi connectivity index (χ1) is 9.65. The fourth-order valence-corrected chi connectivity index (χ4v) is 4.41. The number of benzene rings is 1. The van der Waals surface area contributed by atoms with Crippen molar-refractivity contribution in [3.05, 3.63) is 45.2 Å². The Morgan fingerprint density at radius 1 is 1.55 bits per heavy atom. The monoisotopic (exact) mass is 302 g/mol. The number of hydrogen-bond acceptors (Lipinski definition) is 4. The lowest BCUT2D eigenvalue weighted by Crippen LogP contribution is -2.15. The van der Waals surface area contributed by atoms with Crippen LogP contribution in [0.4, 0.5) is 0 Å². The highest BCUT2D eigenvalue weighted by Crippen LogP contribution is 2.47. The molecule has 1 aromatic rings. The molecule has 0 amide bonds. The maximum absolute atomic E-state index is 12.1. The first-order valence-corrected chi connectivity index (χ1v) is 8.04. The maximum Gasteiger partial charge on any atom is 0.169 e. The molecular weight excluding hydrogens is 288 g/mol. The van der Waals surface area contributed by atoms with Gasteiger partial charge in [0.05, 0.1) is 15.6 Å². The zero-order valence-electron chi connectivity index (χ0n) is 11.1. The predicted molar refractivity (Wildman–Crippen MR) is 85.5 cm³/mol. The van der Waals surface area contributed by atoms with Gasteiger partial charge in [0.2, 0.25) is 0 Å². The molecule has 0 N–H and O–H groups in total. The van der Waals surface area contributed by atoms with E-state index in [0.717, 1.165) is 9.80 Å². The van der Waals surface area contributed by atoms with Crippen molar-refractivity contribution in [2.75, 3.05) is 5.75 Å². The van der Waals surface area contributed by atoms with E-state index in [0.29, 0.717) is 18.5 Å². The van der Waals surface area contributed by atoms with Gasteiger partial charge in [-0.05, 0) is 12.5 Å². The number of rotatable bonds is 4. The highest BCUT2D eigenvalue weighted by atomic mass is 32.2. The Bertz CT molecular complexity index is 611. The zero-order valence-corrected chi connectivity index (χ0v) is 12.7. The summed E-state index contributed by atoms with van der Waals surface area (Å²) in [7, 11) is 0. The standard InChI is InChI=1S/C16H14O2S2/c1-3-7-19-16-13(10-17)14(18)9-15(20-16)12-6-4-5-11(2)8-12/h1,4-6,8,10,15H,7,9H2,2H3/t15-/m1/s1. The summed E-state index contributed by atoms with van der Waals surface area (Å²) in [5, 5.41) is 0.0615. The molecular formula is C16H14O2S2. The number of aldehydes is 1. The van der Waals surface area contributed by atoms with Gasteiger partial charge in [0.15, 0.2) is 12.1 Å². The van der Waals surface area contributed by atoms with Gasteiger partial charge >= 0.3 is 0 Å². The van der Waals surface area contributed by atoms with Crippen molar-refractivity contribution in [2.45, 2.75) is 18.6 Å². The van der Waals surface area contributed by atoms with Gasteiger partial charge in [0, 0.05) is 11.7 Å². The van der Waals surface area contributed by atoms with Gasteiger partial charge < -0.3 is 0 Å². The number of allylic oxidation sites excluding steroid dienone is 1. The molecule has 0 aliphatic carbocycles. The molecule has 0 radical (unpaired) electrons. The molecule has 102 valence electrons. The van der Waals surface area contributed by atoms with Crippen LogP contribution < -0.4 is 0 Å².